The first-order chi connectivity index (χ1) is 13.6. The first kappa shape index (κ1) is 17.2. The van der Waals surface area contributed by atoms with Gasteiger partial charge >= 0.3 is 0 Å². The smallest absolute Gasteiger partial charge is 0.274 e. The maximum Gasteiger partial charge on any atom is 0.274 e. The molecule has 0 unspecified atom stereocenters. The van der Waals surface area contributed by atoms with E-state index in [0.29, 0.717) is 29.2 Å². The highest BCUT2D eigenvalue weighted by Crippen LogP contribution is 2.44. The highest BCUT2D eigenvalue weighted by atomic mass is 16.5. The quantitative estimate of drug-likeness (QED) is 0.700. The number of benzene rings is 1. The number of likely N-dealkylation sites (tertiary alicyclic amines) is 2. The molecule has 2 aliphatic heterocycles. The number of fused-ring (bicyclic) bond motifs is 2. The van der Waals surface area contributed by atoms with Gasteiger partial charge in [0.25, 0.3) is 5.91 Å². The molecule has 0 saturated carbocycles. The number of amides is 1. The van der Waals surface area contributed by atoms with Crippen molar-refractivity contribution in [2.45, 2.75) is 6.04 Å². The number of hydrogen-bond donors (Lipinski definition) is 0. The molecule has 2 fully saturated rings. The van der Waals surface area contributed by atoms with Crippen LogP contribution in [0.1, 0.15) is 22.1 Å². The average Bonchev–Trinajstić information content (AvgIpc) is 3.39. The van der Waals surface area contributed by atoms with E-state index in [1.165, 1.54) is 5.56 Å². The van der Waals surface area contributed by atoms with Crippen LogP contribution < -0.4 is 4.74 Å². The van der Waals surface area contributed by atoms with Crippen molar-refractivity contribution < 1.29 is 9.53 Å². The summed E-state index contributed by atoms with van der Waals surface area (Å²) in [5.41, 5.74) is 2.44. The van der Waals surface area contributed by atoms with Crippen LogP contribution in [0.25, 0.3) is 5.65 Å². The molecule has 0 bridgehead atoms. The van der Waals surface area contributed by atoms with Crippen molar-refractivity contribution in [1.29, 1.82) is 0 Å². The summed E-state index contributed by atoms with van der Waals surface area (Å²) >= 11 is 0. The van der Waals surface area contributed by atoms with Crippen molar-refractivity contribution in [3.63, 3.8) is 0 Å². The third-order valence-electron chi connectivity index (χ3n) is 6.09. The average molecular weight is 377 g/mol. The molecule has 2 aromatic heterocycles. The highest BCUT2D eigenvalue weighted by molar-refractivity contribution is 5.93. The molecular weight excluding hydrogens is 354 g/mol. The maximum absolute atomic E-state index is 13.0. The highest BCUT2D eigenvalue weighted by Gasteiger charge is 2.47. The summed E-state index contributed by atoms with van der Waals surface area (Å²) < 4.78 is 6.94. The Morgan fingerprint density at radius 1 is 1.18 bits per heavy atom. The van der Waals surface area contributed by atoms with Gasteiger partial charge in [0, 0.05) is 50.1 Å². The predicted octanol–water partition coefficient (Wildman–Crippen LogP) is 2.11. The topological polar surface area (TPSA) is 63.0 Å². The van der Waals surface area contributed by atoms with Crippen molar-refractivity contribution in [1.82, 2.24) is 24.4 Å². The normalized spacial score (nSPS) is 24.6. The number of carbonyl (C=O) groups is 1. The van der Waals surface area contributed by atoms with Gasteiger partial charge in [-0.25, -0.2) is 9.50 Å². The van der Waals surface area contributed by atoms with Gasteiger partial charge in [-0.15, -0.1) is 0 Å². The van der Waals surface area contributed by atoms with E-state index in [2.05, 4.69) is 34.2 Å². The lowest BCUT2D eigenvalue weighted by Crippen LogP contribution is -2.33. The monoisotopic (exact) mass is 377 g/mol. The fourth-order valence-corrected chi connectivity index (χ4v) is 4.82. The van der Waals surface area contributed by atoms with Crippen molar-refractivity contribution in [3.8, 4) is 5.75 Å². The number of ether oxygens (including phenoxy) is 1. The fraction of sp³-hybridized carbons (Fsp3) is 0.381. The van der Waals surface area contributed by atoms with Crippen LogP contribution in [-0.2, 0) is 0 Å². The zero-order valence-corrected chi connectivity index (χ0v) is 16.0. The summed E-state index contributed by atoms with van der Waals surface area (Å²) in [5, 5.41) is 4.40. The summed E-state index contributed by atoms with van der Waals surface area (Å²) in [6, 6.07) is 12.2. The first-order valence-electron chi connectivity index (χ1n) is 9.58. The number of rotatable bonds is 3. The van der Waals surface area contributed by atoms with Gasteiger partial charge in [-0.1, -0.05) is 12.1 Å². The van der Waals surface area contributed by atoms with Gasteiger partial charge in [-0.2, -0.15) is 5.10 Å². The van der Waals surface area contributed by atoms with Gasteiger partial charge in [-0.3, -0.25) is 9.69 Å². The Morgan fingerprint density at radius 2 is 2.00 bits per heavy atom. The Labute approximate surface area is 163 Å². The summed E-state index contributed by atoms with van der Waals surface area (Å²) in [6.07, 6.45) is 3.52. The van der Waals surface area contributed by atoms with Crippen LogP contribution in [0.15, 0.2) is 48.8 Å². The van der Waals surface area contributed by atoms with Crippen molar-refractivity contribution in [2.24, 2.45) is 11.8 Å². The molecule has 0 radical (unpaired) electrons. The van der Waals surface area contributed by atoms with Gasteiger partial charge in [0.15, 0.2) is 11.3 Å². The molecule has 28 heavy (non-hydrogen) atoms. The molecule has 2 aliphatic rings. The third kappa shape index (κ3) is 2.74. The van der Waals surface area contributed by atoms with Crippen LogP contribution in [0.4, 0.5) is 0 Å². The van der Waals surface area contributed by atoms with Gasteiger partial charge in [0.1, 0.15) is 5.75 Å². The minimum absolute atomic E-state index is 0.00367. The lowest BCUT2D eigenvalue weighted by molar-refractivity contribution is 0.0761. The van der Waals surface area contributed by atoms with Crippen LogP contribution in [-0.4, -0.2) is 64.1 Å². The van der Waals surface area contributed by atoms with Gasteiger partial charge < -0.3 is 9.64 Å². The van der Waals surface area contributed by atoms with Gasteiger partial charge in [0.05, 0.1) is 7.11 Å². The molecule has 3 aromatic rings. The second-order valence-electron chi connectivity index (χ2n) is 7.74. The summed E-state index contributed by atoms with van der Waals surface area (Å²) in [6.45, 7) is 2.53. The summed E-state index contributed by atoms with van der Waals surface area (Å²) in [7, 11) is 3.86. The van der Waals surface area contributed by atoms with Crippen LogP contribution >= 0.6 is 0 Å². The molecule has 0 N–H and O–H groups in total. The Hall–Kier alpha value is -2.93. The lowest BCUT2D eigenvalue weighted by atomic mass is 9.89. The molecular formula is C21H23N5O2. The number of aromatic nitrogens is 3. The molecule has 3 atom stereocenters. The van der Waals surface area contributed by atoms with E-state index in [1.54, 1.807) is 23.9 Å². The largest absolute Gasteiger partial charge is 0.497 e. The van der Waals surface area contributed by atoms with Crippen LogP contribution in [0, 0.1) is 11.8 Å². The minimum Gasteiger partial charge on any atom is -0.497 e. The van der Waals surface area contributed by atoms with Crippen LogP contribution in [0.3, 0.4) is 0 Å². The van der Waals surface area contributed by atoms with E-state index in [9.17, 15) is 4.79 Å². The van der Waals surface area contributed by atoms with Crippen molar-refractivity contribution in [2.75, 3.05) is 33.8 Å². The minimum atomic E-state index is -0.00367. The van der Waals surface area contributed by atoms with E-state index in [1.807, 2.05) is 29.3 Å². The molecule has 144 valence electrons. The first-order valence-corrected chi connectivity index (χ1v) is 9.58. The molecule has 5 rings (SSSR count). The van der Waals surface area contributed by atoms with Gasteiger partial charge in [-0.05, 0) is 36.7 Å². The van der Waals surface area contributed by atoms with Crippen LogP contribution in [0.5, 0.6) is 5.75 Å². The number of methoxy groups -OCH3 is 1. The van der Waals surface area contributed by atoms with E-state index in [-0.39, 0.29) is 5.91 Å². The Morgan fingerprint density at radius 3 is 2.75 bits per heavy atom. The molecule has 0 aliphatic carbocycles. The number of hydrogen-bond acceptors (Lipinski definition) is 5. The Kier molecular flexibility index (Phi) is 4.05. The van der Waals surface area contributed by atoms with Gasteiger partial charge in [0.2, 0.25) is 0 Å². The standard InChI is InChI=1S/C21H23N5O2/c1-24-11-15-12-25(21(27)18-10-19-22-8-3-9-26(19)23-18)13-17(15)20(24)14-4-6-16(28-2)7-5-14/h3-10,15,17,20H,11-13H2,1-2H3/t15-,17+,20-/m0/s1. The van der Waals surface area contributed by atoms with E-state index >= 15 is 0 Å². The molecule has 7 heteroatoms. The maximum atomic E-state index is 13.0. The number of nitrogens with zero attached hydrogens (tertiary/aromatic N) is 5. The fourth-order valence-electron chi connectivity index (χ4n) is 4.82. The molecule has 2 saturated heterocycles. The van der Waals surface area contributed by atoms with E-state index in [0.717, 1.165) is 25.4 Å². The zero-order valence-electron chi connectivity index (χ0n) is 16.0. The van der Waals surface area contributed by atoms with E-state index in [4.69, 9.17) is 4.74 Å². The molecule has 7 nitrogen and oxygen atoms in total. The number of carbonyl (C=O) groups excluding carboxylic acids is 1. The third-order valence-corrected chi connectivity index (χ3v) is 6.09. The Balaban J connectivity index is 1.37. The predicted molar refractivity (Wildman–Crippen MR) is 104 cm³/mol. The second kappa shape index (κ2) is 6.60. The summed E-state index contributed by atoms with van der Waals surface area (Å²) in [4.78, 5) is 21.7. The lowest BCUT2D eigenvalue weighted by Gasteiger charge is -2.26. The van der Waals surface area contributed by atoms with Crippen LogP contribution in [0.2, 0.25) is 0 Å². The van der Waals surface area contributed by atoms with E-state index < -0.39 is 0 Å². The van der Waals surface area contributed by atoms with Crippen molar-refractivity contribution >= 4 is 11.6 Å². The summed E-state index contributed by atoms with van der Waals surface area (Å²) in [5.74, 6) is 1.77. The molecule has 1 amide bonds. The molecule has 0 spiro atoms. The second-order valence-corrected chi connectivity index (χ2v) is 7.74. The van der Waals surface area contributed by atoms with Crippen molar-refractivity contribution in [3.05, 3.63) is 60.0 Å². The molecule has 4 heterocycles. The Bertz CT molecular complexity index is 982. The zero-order chi connectivity index (χ0) is 19.3. The SMILES string of the molecule is COc1ccc([C@H]2[C@@H]3CN(C(=O)c4cc5ncccn5n4)C[C@@H]3CN2C)cc1. The molecule has 1 aromatic carbocycles.